The van der Waals surface area contributed by atoms with Gasteiger partial charge in [-0.2, -0.15) is 0 Å². The third kappa shape index (κ3) is 3.14. The fourth-order valence-electron chi connectivity index (χ4n) is 1.51. The van der Waals surface area contributed by atoms with Gasteiger partial charge in [0.1, 0.15) is 6.04 Å². The van der Waals surface area contributed by atoms with Crippen LogP contribution in [0.4, 0.5) is 0 Å². The van der Waals surface area contributed by atoms with Crippen molar-refractivity contribution < 1.29 is 19.1 Å². The Kier molecular flexibility index (Phi) is 3.86. The van der Waals surface area contributed by atoms with Gasteiger partial charge in [0.15, 0.2) is 0 Å². The lowest BCUT2D eigenvalue weighted by atomic mass is 10.1. The number of aliphatic carboxylic acids is 1. The van der Waals surface area contributed by atoms with Crippen LogP contribution in [-0.2, 0) is 11.2 Å². The summed E-state index contributed by atoms with van der Waals surface area (Å²) in [4.78, 5) is 29.5. The predicted octanol–water partition coefficient (Wildman–Crippen LogP) is 1.08. The Morgan fingerprint density at radius 1 is 1.58 bits per heavy atom. The first-order valence-electron chi connectivity index (χ1n) is 5.32. The van der Waals surface area contributed by atoms with Crippen LogP contribution in [0.1, 0.15) is 16.1 Å². The number of halogens is 1. The molecule has 0 aliphatic rings. The van der Waals surface area contributed by atoms with E-state index in [1.54, 1.807) is 0 Å². The number of hydrogen-bond donors (Lipinski definition) is 3. The number of H-pyrrole nitrogens is 1. The fourth-order valence-corrected chi connectivity index (χ4v) is 1.71. The summed E-state index contributed by atoms with van der Waals surface area (Å²) < 4.78 is 4.77. The van der Waals surface area contributed by atoms with Gasteiger partial charge in [-0.05, 0) is 17.7 Å². The summed E-state index contributed by atoms with van der Waals surface area (Å²) in [7, 11) is 0. The van der Waals surface area contributed by atoms with Gasteiger partial charge in [0.2, 0.25) is 5.22 Å². The number of imidazole rings is 1. The van der Waals surface area contributed by atoms with E-state index in [1.807, 2.05) is 0 Å². The van der Waals surface area contributed by atoms with Crippen LogP contribution < -0.4 is 5.32 Å². The lowest BCUT2D eigenvalue weighted by molar-refractivity contribution is -0.139. The van der Waals surface area contributed by atoms with Crippen LogP contribution in [0.25, 0.3) is 0 Å². The van der Waals surface area contributed by atoms with Crippen molar-refractivity contribution in [2.75, 3.05) is 0 Å². The molecule has 0 fully saturated rings. The molecule has 0 saturated heterocycles. The number of rotatable bonds is 5. The van der Waals surface area contributed by atoms with Crippen LogP contribution in [0, 0.1) is 0 Å². The molecule has 1 atom stereocenters. The first-order chi connectivity index (χ1) is 9.08. The summed E-state index contributed by atoms with van der Waals surface area (Å²) in [5, 5.41) is 11.4. The molecule has 0 aromatic carbocycles. The van der Waals surface area contributed by atoms with E-state index in [2.05, 4.69) is 15.3 Å². The maximum Gasteiger partial charge on any atom is 0.326 e. The minimum Gasteiger partial charge on any atom is -0.480 e. The molecule has 0 unspecified atom stereocenters. The van der Waals surface area contributed by atoms with Crippen molar-refractivity contribution in [2.45, 2.75) is 12.5 Å². The second kappa shape index (κ2) is 5.57. The molecule has 7 nitrogen and oxygen atoms in total. The van der Waals surface area contributed by atoms with E-state index < -0.39 is 17.9 Å². The monoisotopic (exact) mass is 283 g/mol. The van der Waals surface area contributed by atoms with Crippen molar-refractivity contribution in [1.82, 2.24) is 15.3 Å². The van der Waals surface area contributed by atoms with Gasteiger partial charge in [-0.25, -0.2) is 9.78 Å². The number of carbonyl (C=O) groups is 2. The third-order valence-electron chi connectivity index (χ3n) is 2.44. The standard InChI is InChI=1S/C11H10ClN3O4/c12-9-7(1-2-19-9)10(16)15-8(11(17)18)3-6-4-13-5-14-6/h1-2,4-5,8H,3H2,(H,13,14)(H,15,16)(H,17,18)/t8-/m0/s1. The van der Waals surface area contributed by atoms with Gasteiger partial charge in [0.05, 0.1) is 18.2 Å². The van der Waals surface area contributed by atoms with Crippen LogP contribution in [-0.4, -0.2) is 33.0 Å². The average Bonchev–Trinajstić information content (AvgIpc) is 2.99. The van der Waals surface area contributed by atoms with Crippen LogP contribution in [0.15, 0.2) is 29.3 Å². The summed E-state index contributed by atoms with van der Waals surface area (Å²) in [6.07, 6.45) is 4.27. The van der Waals surface area contributed by atoms with E-state index in [0.717, 1.165) is 0 Å². The van der Waals surface area contributed by atoms with Gasteiger partial charge in [-0.1, -0.05) is 0 Å². The highest BCUT2D eigenvalue weighted by Gasteiger charge is 2.23. The van der Waals surface area contributed by atoms with Crippen LogP contribution in [0.2, 0.25) is 5.22 Å². The number of amides is 1. The van der Waals surface area contributed by atoms with Gasteiger partial charge in [0, 0.05) is 18.3 Å². The Bertz CT molecular complexity index is 579. The molecule has 1 amide bonds. The zero-order valence-electron chi connectivity index (χ0n) is 9.59. The average molecular weight is 284 g/mol. The zero-order valence-corrected chi connectivity index (χ0v) is 10.3. The summed E-state index contributed by atoms with van der Waals surface area (Å²) in [5.74, 6) is -1.76. The van der Waals surface area contributed by atoms with Crippen molar-refractivity contribution >= 4 is 23.5 Å². The maximum absolute atomic E-state index is 11.8. The van der Waals surface area contributed by atoms with E-state index in [1.165, 1.54) is 24.9 Å². The molecule has 100 valence electrons. The predicted molar refractivity (Wildman–Crippen MR) is 64.9 cm³/mol. The van der Waals surface area contributed by atoms with Crippen LogP contribution >= 0.6 is 11.6 Å². The highest BCUT2D eigenvalue weighted by atomic mass is 35.5. The van der Waals surface area contributed by atoms with Crippen molar-refractivity contribution in [3.63, 3.8) is 0 Å². The smallest absolute Gasteiger partial charge is 0.326 e. The number of aromatic amines is 1. The summed E-state index contributed by atoms with van der Waals surface area (Å²) in [6.45, 7) is 0. The molecule has 2 aromatic heterocycles. The normalized spacial score (nSPS) is 12.1. The quantitative estimate of drug-likeness (QED) is 0.761. The minimum atomic E-state index is -1.15. The first kappa shape index (κ1) is 13.2. The Morgan fingerprint density at radius 2 is 2.37 bits per heavy atom. The number of nitrogens with one attached hydrogen (secondary N) is 2. The summed E-state index contributed by atoms with van der Waals surface area (Å²) in [6, 6.07) is 0.283. The Morgan fingerprint density at radius 3 is 2.89 bits per heavy atom. The highest BCUT2D eigenvalue weighted by Crippen LogP contribution is 2.16. The second-order valence-electron chi connectivity index (χ2n) is 3.75. The molecular weight excluding hydrogens is 274 g/mol. The van der Waals surface area contributed by atoms with Gasteiger partial charge >= 0.3 is 5.97 Å². The first-order valence-corrected chi connectivity index (χ1v) is 5.69. The van der Waals surface area contributed by atoms with E-state index in [-0.39, 0.29) is 17.2 Å². The molecule has 19 heavy (non-hydrogen) atoms. The topological polar surface area (TPSA) is 108 Å². The van der Waals surface area contributed by atoms with Crippen molar-refractivity contribution in [2.24, 2.45) is 0 Å². The number of carboxylic acids is 1. The summed E-state index contributed by atoms with van der Waals surface area (Å²) >= 11 is 5.65. The third-order valence-corrected chi connectivity index (χ3v) is 2.74. The van der Waals surface area contributed by atoms with Crippen LogP contribution in [0.5, 0.6) is 0 Å². The zero-order chi connectivity index (χ0) is 13.8. The molecule has 3 N–H and O–H groups in total. The molecule has 2 aromatic rings. The molecule has 2 heterocycles. The Hall–Kier alpha value is -2.28. The molecule has 0 bridgehead atoms. The molecule has 0 aliphatic heterocycles. The molecule has 0 saturated carbocycles. The van der Waals surface area contributed by atoms with Gasteiger partial charge in [0.25, 0.3) is 5.91 Å². The minimum absolute atomic E-state index is 0.0804. The van der Waals surface area contributed by atoms with Crippen molar-refractivity contribution in [3.05, 3.63) is 41.3 Å². The molecule has 2 rings (SSSR count). The van der Waals surface area contributed by atoms with Crippen LogP contribution in [0.3, 0.4) is 0 Å². The van der Waals surface area contributed by atoms with E-state index in [4.69, 9.17) is 21.1 Å². The summed E-state index contributed by atoms with van der Waals surface area (Å²) in [5.41, 5.74) is 0.698. The SMILES string of the molecule is O=C(N[C@@H](Cc1cnc[nH]1)C(=O)O)c1ccoc1Cl. The largest absolute Gasteiger partial charge is 0.480 e. The molecule has 0 spiro atoms. The number of nitrogens with zero attached hydrogens (tertiary/aromatic N) is 1. The Labute approximate surface area is 112 Å². The van der Waals surface area contributed by atoms with E-state index in [0.29, 0.717) is 5.69 Å². The number of furan rings is 1. The lowest BCUT2D eigenvalue weighted by Gasteiger charge is -2.12. The number of hydrogen-bond acceptors (Lipinski definition) is 4. The van der Waals surface area contributed by atoms with Gasteiger partial charge in [-0.15, -0.1) is 0 Å². The number of carboxylic acid groups (broad SMARTS) is 1. The number of aromatic nitrogens is 2. The van der Waals surface area contributed by atoms with Gasteiger partial charge in [-0.3, -0.25) is 4.79 Å². The molecule has 0 aliphatic carbocycles. The van der Waals surface area contributed by atoms with Crippen molar-refractivity contribution in [1.29, 1.82) is 0 Å². The Balaban J connectivity index is 2.07. The van der Waals surface area contributed by atoms with Gasteiger partial charge < -0.3 is 19.8 Å². The fraction of sp³-hybridized carbons (Fsp3) is 0.182. The highest BCUT2D eigenvalue weighted by molar-refractivity contribution is 6.32. The van der Waals surface area contributed by atoms with E-state index >= 15 is 0 Å². The van der Waals surface area contributed by atoms with E-state index in [9.17, 15) is 9.59 Å². The van der Waals surface area contributed by atoms with Crippen molar-refractivity contribution in [3.8, 4) is 0 Å². The molecule has 0 radical (unpaired) electrons. The maximum atomic E-state index is 11.8. The molecular formula is C11H10ClN3O4. The molecule has 8 heteroatoms. The number of carbonyl (C=O) groups excluding carboxylic acids is 1. The lowest BCUT2D eigenvalue weighted by Crippen LogP contribution is -2.42. The second-order valence-corrected chi connectivity index (χ2v) is 4.10.